The van der Waals surface area contributed by atoms with E-state index in [-0.39, 0.29) is 17.5 Å². The van der Waals surface area contributed by atoms with Crippen LogP contribution in [0.4, 0.5) is 0 Å². The quantitative estimate of drug-likeness (QED) is 0.677. The Morgan fingerprint density at radius 1 is 1.15 bits per heavy atom. The van der Waals surface area contributed by atoms with Gasteiger partial charge in [0, 0.05) is 31.2 Å². The number of amides is 1. The van der Waals surface area contributed by atoms with Gasteiger partial charge in [0.05, 0.1) is 10.9 Å². The molecule has 2 heterocycles. The maximum atomic E-state index is 12.9. The largest absolute Gasteiger partial charge is 0.335 e. The maximum absolute atomic E-state index is 12.9. The van der Waals surface area contributed by atoms with E-state index in [1.165, 1.54) is 11.1 Å². The molecule has 2 aromatic carbocycles. The molecule has 6 nitrogen and oxygen atoms in total. The van der Waals surface area contributed by atoms with E-state index in [1.807, 2.05) is 4.90 Å². The molecular weight excluding hydrogens is 328 g/mol. The van der Waals surface area contributed by atoms with E-state index < -0.39 is 0 Å². The van der Waals surface area contributed by atoms with E-state index >= 15 is 0 Å². The Labute approximate surface area is 151 Å². The van der Waals surface area contributed by atoms with Crippen LogP contribution < -0.4 is 10.9 Å². The molecule has 0 aliphatic carbocycles. The van der Waals surface area contributed by atoms with Crippen LogP contribution in [-0.2, 0) is 6.42 Å². The molecule has 6 heteroatoms. The smallest absolute Gasteiger partial charge is 0.271 e. The lowest BCUT2D eigenvalue weighted by molar-refractivity contribution is 0.0703. The fourth-order valence-electron chi connectivity index (χ4n) is 3.50. The van der Waals surface area contributed by atoms with Crippen molar-refractivity contribution in [3.63, 3.8) is 0 Å². The number of fused-ring (bicyclic) bond motifs is 1. The topological polar surface area (TPSA) is 81.0 Å². The highest BCUT2D eigenvalue weighted by molar-refractivity contribution is 5.97. The lowest BCUT2D eigenvalue weighted by atomic mass is 10.0. The van der Waals surface area contributed by atoms with E-state index in [0.29, 0.717) is 29.6 Å². The predicted octanol–water partition coefficient (Wildman–Crippen LogP) is 2.21. The van der Waals surface area contributed by atoms with E-state index in [4.69, 9.17) is 0 Å². The second-order valence-corrected chi connectivity index (χ2v) is 6.69. The minimum Gasteiger partial charge on any atom is -0.335 e. The zero-order valence-corrected chi connectivity index (χ0v) is 14.7. The van der Waals surface area contributed by atoms with Gasteiger partial charge in [0.2, 0.25) is 0 Å². The third kappa shape index (κ3) is 3.04. The van der Waals surface area contributed by atoms with Crippen LogP contribution >= 0.6 is 0 Å². The zero-order chi connectivity index (χ0) is 18.1. The monoisotopic (exact) mass is 350 g/mol. The molecular formula is C20H22N4O2. The minimum atomic E-state index is -0.170. The van der Waals surface area contributed by atoms with Gasteiger partial charge in [-0.3, -0.25) is 19.8 Å². The summed E-state index contributed by atoms with van der Waals surface area (Å²) < 4.78 is 0. The van der Waals surface area contributed by atoms with Crippen molar-refractivity contribution in [2.24, 2.45) is 0 Å². The molecule has 1 unspecified atom stereocenters. The molecule has 26 heavy (non-hydrogen) atoms. The maximum Gasteiger partial charge on any atom is 0.271 e. The van der Waals surface area contributed by atoms with Crippen molar-refractivity contribution in [1.29, 1.82) is 0 Å². The number of aromatic amines is 2. The Hall–Kier alpha value is -2.86. The van der Waals surface area contributed by atoms with E-state index in [0.717, 1.165) is 13.0 Å². The lowest BCUT2D eigenvalue weighted by Crippen LogP contribution is -2.48. The van der Waals surface area contributed by atoms with Crippen molar-refractivity contribution in [2.75, 3.05) is 19.6 Å². The molecule has 1 aliphatic rings. The van der Waals surface area contributed by atoms with Gasteiger partial charge in [-0.25, -0.2) is 0 Å². The van der Waals surface area contributed by atoms with Gasteiger partial charge < -0.3 is 10.2 Å². The molecule has 3 N–H and O–H groups in total. The van der Waals surface area contributed by atoms with Crippen molar-refractivity contribution in [2.45, 2.75) is 19.4 Å². The van der Waals surface area contributed by atoms with Crippen LogP contribution in [0.25, 0.3) is 10.9 Å². The molecule has 3 aromatic rings. The summed E-state index contributed by atoms with van der Waals surface area (Å²) in [5.74, 6) is -0.00868. The third-order valence-electron chi connectivity index (χ3n) is 5.07. The number of nitrogens with zero attached hydrogens (tertiary/aromatic N) is 1. The van der Waals surface area contributed by atoms with Crippen molar-refractivity contribution in [3.8, 4) is 0 Å². The fourth-order valence-corrected chi connectivity index (χ4v) is 3.50. The van der Waals surface area contributed by atoms with Gasteiger partial charge in [-0.15, -0.1) is 0 Å². The van der Waals surface area contributed by atoms with E-state index in [9.17, 15) is 9.59 Å². The molecule has 0 radical (unpaired) electrons. The predicted molar refractivity (Wildman–Crippen MR) is 101 cm³/mol. The first kappa shape index (κ1) is 16.6. The Bertz CT molecular complexity index is 987. The summed E-state index contributed by atoms with van der Waals surface area (Å²) >= 11 is 0. The van der Waals surface area contributed by atoms with Gasteiger partial charge in [0.25, 0.3) is 11.5 Å². The second kappa shape index (κ2) is 6.80. The van der Waals surface area contributed by atoms with Gasteiger partial charge in [0.15, 0.2) is 0 Å². The normalized spacial score (nSPS) is 17.6. The van der Waals surface area contributed by atoms with Crippen LogP contribution in [0.15, 0.2) is 47.3 Å². The number of piperazine rings is 1. The van der Waals surface area contributed by atoms with Gasteiger partial charge >= 0.3 is 0 Å². The SMILES string of the molecule is CCc1ccc(C2CN(C(=O)c3ccc4c(=O)[nH][nH]c4c3)CCN2)cc1. The highest BCUT2D eigenvalue weighted by atomic mass is 16.2. The number of hydrogen-bond acceptors (Lipinski definition) is 3. The average Bonchev–Trinajstić information content (AvgIpc) is 3.08. The van der Waals surface area contributed by atoms with Crippen LogP contribution in [0.5, 0.6) is 0 Å². The van der Waals surface area contributed by atoms with E-state index in [1.54, 1.807) is 18.2 Å². The number of rotatable bonds is 3. The minimum absolute atomic E-state index is 0.00868. The Balaban J connectivity index is 1.53. The molecule has 1 saturated heterocycles. The molecule has 4 rings (SSSR count). The van der Waals surface area contributed by atoms with Crippen molar-refractivity contribution in [1.82, 2.24) is 20.4 Å². The van der Waals surface area contributed by atoms with Gasteiger partial charge in [-0.1, -0.05) is 31.2 Å². The highest BCUT2D eigenvalue weighted by Gasteiger charge is 2.25. The molecule has 1 amide bonds. The van der Waals surface area contributed by atoms with Gasteiger partial charge in [-0.2, -0.15) is 0 Å². The molecule has 0 bridgehead atoms. The number of carbonyl (C=O) groups excluding carboxylic acids is 1. The second-order valence-electron chi connectivity index (χ2n) is 6.69. The zero-order valence-electron chi connectivity index (χ0n) is 14.7. The summed E-state index contributed by atoms with van der Waals surface area (Å²) in [5.41, 5.74) is 3.59. The Morgan fingerprint density at radius 2 is 1.96 bits per heavy atom. The summed E-state index contributed by atoms with van der Waals surface area (Å²) in [6, 6.07) is 13.9. The molecule has 1 aromatic heterocycles. The van der Waals surface area contributed by atoms with Crippen molar-refractivity contribution in [3.05, 3.63) is 69.5 Å². The van der Waals surface area contributed by atoms with Crippen LogP contribution in [0.3, 0.4) is 0 Å². The standard InChI is InChI=1S/C20H22N4O2/c1-2-13-3-5-14(6-4-13)18-12-24(10-9-21-18)20(26)15-7-8-16-17(11-15)22-23-19(16)25/h3-8,11,18,21H,2,9-10,12H2,1H3,(H2,22,23,25). The van der Waals surface area contributed by atoms with Crippen LogP contribution in [0.2, 0.25) is 0 Å². The van der Waals surface area contributed by atoms with Crippen LogP contribution in [0.1, 0.15) is 34.5 Å². The average molecular weight is 350 g/mol. The molecule has 134 valence electrons. The van der Waals surface area contributed by atoms with Crippen molar-refractivity contribution < 1.29 is 4.79 Å². The number of carbonyl (C=O) groups is 1. The molecule has 0 saturated carbocycles. The summed E-state index contributed by atoms with van der Waals surface area (Å²) in [6.45, 7) is 4.20. The highest BCUT2D eigenvalue weighted by Crippen LogP contribution is 2.20. The first-order valence-electron chi connectivity index (χ1n) is 8.97. The van der Waals surface area contributed by atoms with Gasteiger partial charge in [-0.05, 0) is 35.7 Å². The first-order valence-corrected chi connectivity index (χ1v) is 8.97. The first-order chi connectivity index (χ1) is 12.7. The van der Waals surface area contributed by atoms with Crippen LogP contribution in [0, 0.1) is 0 Å². The molecule has 1 atom stereocenters. The fraction of sp³-hybridized carbons (Fsp3) is 0.300. The number of nitrogens with one attached hydrogen (secondary N) is 3. The summed E-state index contributed by atoms with van der Waals surface area (Å²) in [4.78, 5) is 26.4. The molecule has 1 aliphatic heterocycles. The lowest BCUT2D eigenvalue weighted by Gasteiger charge is -2.34. The number of H-pyrrole nitrogens is 2. The number of aryl methyl sites for hydroxylation is 1. The Kier molecular flexibility index (Phi) is 4.34. The summed E-state index contributed by atoms with van der Waals surface area (Å²) in [7, 11) is 0. The van der Waals surface area contributed by atoms with Gasteiger partial charge in [0.1, 0.15) is 0 Å². The summed E-state index contributed by atoms with van der Waals surface area (Å²) in [5, 5.41) is 9.42. The van der Waals surface area contributed by atoms with Crippen molar-refractivity contribution >= 4 is 16.8 Å². The number of benzene rings is 2. The summed E-state index contributed by atoms with van der Waals surface area (Å²) in [6.07, 6.45) is 1.02. The Morgan fingerprint density at radius 3 is 2.73 bits per heavy atom. The third-order valence-corrected chi connectivity index (χ3v) is 5.07. The number of hydrogen-bond donors (Lipinski definition) is 3. The molecule has 1 fully saturated rings. The van der Waals surface area contributed by atoms with E-state index in [2.05, 4.69) is 46.7 Å². The van der Waals surface area contributed by atoms with Crippen LogP contribution in [-0.4, -0.2) is 40.6 Å². The number of aromatic nitrogens is 2. The molecule has 0 spiro atoms.